The molecule has 160 valence electrons. The monoisotopic (exact) mass is 451 g/mol. The standard InChI is InChI=1S/C24H15ClFNO5/c1-30-21-12-14(5-10-20(21)31-23(28)15-6-8-17(25)9-7-15)11-19-24(29)32-22(27-19)16-3-2-4-18(26)13-16/h2-13H,1H3/b19-11+. The number of nitrogens with zero attached hydrogens (tertiary/aromatic N) is 1. The number of esters is 2. The van der Waals surface area contributed by atoms with E-state index in [1.54, 1.807) is 42.5 Å². The van der Waals surface area contributed by atoms with E-state index in [0.717, 1.165) is 0 Å². The molecule has 0 saturated heterocycles. The molecule has 0 bridgehead atoms. The number of carbonyl (C=O) groups excluding carboxylic acids is 2. The van der Waals surface area contributed by atoms with Crippen LogP contribution in [0.4, 0.5) is 4.39 Å². The molecule has 0 atom stereocenters. The van der Waals surface area contributed by atoms with E-state index < -0.39 is 17.8 Å². The number of ether oxygens (including phenoxy) is 3. The maximum atomic E-state index is 13.4. The van der Waals surface area contributed by atoms with Crippen LogP contribution >= 0.6 is 11.6 Å². The zero-order chi connectivity index (χ0) is 22.7. The lowest BCUT2D eigenvalue weighted by Crippen LogP contribution is -2.09. The van der Waals surface area contributed by atoms with Gasteiger partial charge in [0, 0.05) is 10.6 Å². The molecule has 0 N–H and O–H groups in total. The van der Waals surface area contributed by atoms with Gasteiger partial charge in [-0.2, -0.15) is 0 Å². The molecule has 4 rings (SSSR count). The molecule has 3 aromatic rings. The lowest BCUT2D eigenvalue weighted by molar-refractivity contribution is -0.129. The molecule has 0 fully saturated rings. The molecule has 8 heteroatoms. The second-order valence-electron chi connectivity index (χ2n) is 6.65. The highest BCUT2D eigenvalue weighted by molar-refractivity contribution is 6.30. The average molecular weight is 452 g/mol. The van der Waals surface area contributed by atoms with E-state index in [2.05, 4.69) is 4.99 Å². The van der Waals surface area contributed by atoms with Gasteiger partial charge in [-0.3, -0.25) is 0 Å². The number of halogens is 2. The van der Waals surface area contributed by atoms with Crippen molar-refractivity contribution in [1.29, 1.82) is 0 Å². The summed E-state index contributed by atoms with van der Waals surface area (Å²) in [5.41, 5.74) is 1.28. The van der Waals surface area contributed by atoms with E-state index in [-0.39, 0.29) is 23.1 Å². The van der Waals surface area contributed by atoms with Crippen molar-refractivity contribution in [3.8, 4) is 11.5 Å². The Kier molecular flexibility index (Phi) is 6.00. The van der Waals surface area contributed by atoms with Crippen molar-refractivity contribution in [3.05, 3.63) is 100.0 Å². The number of methoxy groups -OCH3 is 1. The van der Waals surface area contributed by atoms with Gasteiger partial charge in [0.15, 0.2) is 17.2 Å². The van der Waals surface area contributed by atoms with Crippen LogP contribution in [0, 0.1) is 5.82 Å². The summed E-state index contributed by atoms with van der Waals surface area (Å²) in [6.07, 6.45) is 1.49. The third kappa shape index (κ3) is 4.68. The van der Waals surface area contributed by atoms with Crippen molar-refractivity contribution in [3.63, 3.8) is 0 Å². The number of rotatable bonds is 5. The number of hydrogen-bond acceptors (Lipinski definition) is 6. The van der Waals surface area contributed by atoms with Gasteiger partial charge in [-0.25, -0.2) is 19.0 Å². The largest absolute Gasteiger partial charge is 0.493 e. The van der Waals surface area contributed by atoms with E-state index in [1.165, 1.54) is 37.5 Å². The first-order chi connectivity index (χ1) is 15.4. The highest BCUT2D eigenvalue weighted by Gasteiger charge is 2.24. The molecule has 3 aromatic carbocycles. The second-order valence-corrected chi connectivity index (χ2v) is 7.09. The van der Waals surface area contributed by atoms with Gasteiger partial charge in [0.1, 0.15) is 5.82 Å². The Balaban J connectivity index is 1.57. The van der Waals surface area contributed by atoms with Crippen molar-refractivity contribution >= 4 is 35.5 Å². The van der Waals surface area contributed by atoms with Gasteiger partial charge in [-0.1, -0.05) is 23.7 Å². The van der Waals surface area contributed by atoms with Gasteiger partial charge >= 0.3 is 11.9 Å². The lowest BCUT2D eigenvalue weighted by atomic mass is 10.1. The number of hydrogen-bond donors (Lipinski definition) is 0. The van der Waals surface area contributed by atoms with E-state index in [1.807, 2.05) is 0 Å². The van der Waals surface area contributed by atoms with Crippen LogP contribution in [0.25, 0.3) is 6.08 Å². The second kappa shape index (κ2) is 9.03. The van der Waals surface area contributed by atoms with Crippen molar-refractivity contribution in [2.45, 2.75) is 0 Å². The molecule has 0 aliphatic carbocycles. The van der Waals surface area contributed by atoms with Crippen LogP contribution in [0.5, 0.6) is 11.5 Å². The van der Waals surface area contributed by atoms with Gasteiger partial charge in [0.25, 0.3) is 0 Å². The predicted molar refractivity (Wildman–Crippen MR) is 116 cm³/mol. The third-order valence-electron chi connectivity index (χ3n) is 4.47. The minimum absolute atomic E-state index is 0.0150. The van der Waals surface area contributed by atoms with Crippen molar-refractivity contribution < 1.29 is 28.2 Å². The van der Waals surface area contributed by atoms with Crippen LogP contribution in [-0.4, -0.2) is 24.9 Å². The molecule has 0 radical (unpaired) electrons. The van der Waals surface area contributed by atoms with Gasteiger partial charge in [0.2, 0.25) is 5.90 Å². The summed E-state index contributed by atoms with van der Waals surface area (Å²) in [5, 5.41) is 0.505. The topological polar surface area (TPSA) is 74.2 Å². The minimum atomic E-state index is -0.665. The Bertz CT molecular complexity index is 1270. The number of benzene rings is 3. The molecule has 1 aliphatic heterocycles. The van der Waals surface area contributed by atoms with Crippen LogP contribution in [-0.2, 0) is 9.53 Å². The summed E-state index contributed by atoms with van der Waals surface area (Å²) >= 11 is 5.84. The fraction of sp³-hybridized carbons (Fsp3) is 0.0417. The summed E-state index contributed by atoms with van der Waals surface area (Å²) in [4.78, 5) is 28.7. The Morgan fingerprint density at radius 2 is 1.84 bits per heavy atom. The molecular weight excluding hydrogens is 437 g/mol. The Labute approximate surface area is 187 Å². The molecule has 1 heterocycles. The number of aliphatic imine (C=N–C) groups is 1. The summed E-state index contributed by atoms with van der Waals surface area (Å²) in [5.74, 6) is -1.21. The molecular formula is C24H15ClFNO5. The summed E-state index contributed by atoms with van der Waals surface area (Å²) in [6, 6.07) is 16.6. The Hall–Kier alpha value is -3.97. The van der Waals surface area contributed by atoms with Gasteiger partial charge in [0.05, 0.1) is 12.7 Å². The van der Waals surface area contributed by atoms with Gasteiger partial charge in [-0.15, -0.1) is 0 Å². The Morgan fingerprint density at radius 3 is 2.56 bits per heavy atom. The average Bonchev–Trinajstić information content (AvgIpc) is 3.15. The van der Waals surface area contributed by atoms with Crippen LogP contribution in [0.3, 0.4) is 0 Å². The molecule has 0 aromatic heterocycles. The van der Waals surface area contributed by atoms with Crippen LogP contribution < -0.4 is 9.47 Å². The summed E-state index contributed by atoms with van der Waals surface area (Å²) < 4.78 is 29.3. The highest BCUT2D eigenvalue weighted by atomic mass is 35.5. The molecule has 6 nitrogen and oxygen atoms in total. The smallest absolute Gasteiger partial charge is 0.363 e. The van der Waals surface area contributed by atoms with Crippen molar-refractivity contribution in [2.75, 3.05) is 7.11 Å². The molecule has 0 amide bonds. The molecule has 1 aliphatic rings. The van der Waals surface area contributed by atoms with Crippen molar-refractivity contribution in [2.24, 2.45) is 4.99 Å². The first-order valence-corrected chi connectivity index (χ1v) is 9.75. The predicted octanol–water partition coefficient (Wildman–Crippen LogP) is 5.05. The maximum absolute atomic E-state index is 13.4. The van der Waals surface area contributed by atoms with E-state index in [0.29, 0.717) is 21.7 Å². The molecule has 0 unspecified atom stereocenters. The summed E-state index contributed by atoms with van der Waals surface area (Å²) in [7, 11) is 1.43. The normalized spacial score (nSPS) is 14.2. The SMILES string of the molecule is COc1cc(/C=C2/N=C(c3cccc(F)c3)OC2=O)ccc1OC(=O)c1ccc(Cl)cc1. The van der Waals surface area contributed by atoms with E-state index in [9.17, 15) is 14.0 Å². The molecule has 32 heavy (non-hydrogen) atoms. The maximum Gasteiger partial charge on any atom is 0.363 e. The lowest BCUT2D eigenvalue weighted by Gasteiger charge is -2.10. The first kappa shape index (κ1) is 21.3. The molecule has 0 saturated carbocycles. The quantitative estimate of drug-likeness (QED) is 0.308. The van der Waals surface area contributed by atoms with Crippen LogP contribution in [0.15, 0.2) is 77.4 Å². The summed E-state index contributed by atoms with van der Waals surface area (Å²) in [6.45, 7) is 0. The fourth-order valence-corrected chi connectivity index (χ4v) is 3.04. The Morgan fingerprint density at radius 1 is 1.06 bits per heavy atom. The number of carbonyl (C=O) groups is 2. The van der Waals surface area contributed by atoms with Crippen LogP contribution in [0.2, 0.25) is 5.02 Å². The zero-order valence-corrected chi connectivity index (χ0v) is 17.4. The highest BCUT2D eigenvalue weighted by Crippen LogP contribution is 2.30. The first-order valence-electron chi connectivity index (χ1n) is 9.37. The zero-order valence-electron chi connectivity index (χ0n) is 16.7. The van der Waals surface area contributed by atoms with E-state index >= 15 is 0 Å². The minimum Gasteiger partial charge on any atom is -0.493 e. The molecule has 0 spiro atoms. The number of cyclic esters (lactones) is 1. The fourth-order valence-electron chi connectivity index (χ4n) is 2.92. The van der Waals surface area contributed by atoms with Crippen molar-refractivity contribution in [1.82, 2.24) is 0 Å². The van der Waals surface area contributed by atoms with Crippen LogP contribution in [0.1, 0.15) is 21.5 Å². The van der Waals surface area contributed by atoms with E-state index in [4.69, 9.17) is 25.8 Å². The van der Waals surface area contributed by atoms with Gasteiger partial charge < -0.3 is 14.2 Å². The third-order valence-corrected chi connectivity index (χ3v) is 4.72. The van der Waals surface area contributed by atoms with Gasteiger partial charge in [-0.05, 0) is 66.2 Å².